The molecule has 0 bridgehead atoms. The van der Waals surface area contributed by atoms with Crippen molar-refractivity contribution in [1.82, 2.24) is 0 Å². The predicted octanol–water partition coefficient (Wildman–Crippen LogP) is 2.07. The molecule has 1 aromatic rings. The van der Waals surface area contributed by atoms with Gasteiger partial charge in [-0.25, -0.2) is 4.79 Å². The number of Topliss-reactive ketones (excluding diaryl/α,β-unsaturated/α-hetero) is 2. The van der Waals surface area contributed by atoms with Crippen LogP contribution >= 0.6 is 15.9 Å². The van der Waals surface area contributed by atoms with Crippen molar-refractivity contribution in [3.8, 4) is 0 Å². The molecule has 0 heterocycles. The molecule has 0 saturated carbocycles. The highest BCUT2D eigenvalue weighted by molar-refractivity contribution is 9.10. The van der Waals surface area contributed by atoms with Gasteiger partial charge in [0.1, 0.15) is 4.83 Å². The summed E-state index contributed by atoms with van der Waals surface area (Å²) in [6.07, 6.45) is 0. The Bertz CT molecular complexity index is 464. The number of ketones is 2. The van der Waals surface area contributed by atoms with Gasteiger partial charge in [0, 0.05) is 5.56 Å². The van der Waals surface area contributed by atoms with Crippen LogP contribution in [0.5, 0.6) is 0 Å². The first kappa shape index (κ1) is 14.6. The summed E-state index contributed by atoms with van der Waals surface area (Å²) in [6.45, 7) is 3.59. The Balaban J connectivity index is 2.81. The molecule has 5 heteroatoms. The van der Waals surface area contributed by atoms with E-state index in [0.717, 1.165) is 5.56 Å². The second kappa shape index (κ2) is 6.44. The van der Waals surface area contributed by atoms with Crippen LogP contribution in [-0.4, -0.2) is 29.0 Å². The van der Waals surface area contributed by atoms with E-state index in [2.05, 4.69) is 20.7 Å². The number of benzene rings is 1. The zero-order valence-corrected chi connectivity index (χ0v) is 11.7. The molecule has 0 saturated heterocycles. The van der Waals surface area contributed by atoms with Crippen molar-refractivity contribution in [2.75, 3.05) is 6.61 Å². The fourth-order valence-corrected chi connectivity index (χ4v) is 1.74. The molecule has 0 aromatic heterocycles. The van der Waals surface area contributed by atoms with Gasteiger partial charge in [-0.1, -0.05) is 45.8 Å². The van der Waals surface area contributed by atoms with Crippen molar-refractivity contribution in [3.05, 3.63) is 35.4 Å². The van der Waals surface area contributed by atoms with Crippen LogP contribution in [0.3, 0.4) is 0 Å². The summed E-state index contributed by atoms with van der Waals surface area (Å²) in [6, 6.07) is 6.76. The Kier molecular flexibility index (Phi) is 5.22. The SMILES string of the molecule is CCOC(=O)C(=O)C(Br)C(=O)c1ccc(C)cc1. The van der Waals surface area contributed by atoms with Crippen molar-refractivity contribution in [1.29, 1.82) is 0 Å². The summed E-state index contributed by atoms with van der Waals surface area (Å²) < 4.78 is 4.56. The molecule has 0 spiro atoms. The van der Waals surface area contributed by atoms with Crippen LogP contribution < -0.4 is 0 Å². The van der Waals surface area contributed by atoms with Crippen LogP contribution in [0.25, 0.3) is 0 Å². The molecule has 0 N–H and O–H groups in total. The van der Waals surface area contributed by atoms with Crippen LogP contribution in [0.4, 0.5) is 0 Å². The van der Waals surface area contributed by atoms with Crippen molar-refractivity contribution in [2.45, 2.75) is 18.7 Å². The van der Waals surface area contributed by atoms with Crippen LogP contribution in [0.1, 0.15) is 22.8 Å². The zero-order chi connectivity index (χ0) is 13.7. The lowest BCUT2D eigenvalue weighted by Crippen LogP contribution is -2.32. The second-order valence-corrected chi connectivity index (χ2v) is 4.59. The highest BCUT2D eigenvalue weighted by Crippen LogP contribution is 2.13. The van der Waals surface area contributed by atoms with Gasteiger partial charge in [-0.05, 0) is 13.8 Å². The van der Waals surface area contributed by atoms with E-state index < -0.39 is 22.4 Å². The van der Waals surface area contributed by atoms with Gasteiger partial charge in [-0.3, -0.25) is 9.59 Å². The van der Waals surface area contributed by atoms with Crippen molar-refractivity contribution in [3.63, 3.8) is 0 Å². The van der Waals surface area contributed by atoms with Crippen molar-refractivity contribution in [2.24, 2.45) is 0 Å². The second-order valence-electron chi connectivity index (χ2n) is 3.68. The first-order valence-corrected chi connectivity index (χ1v) is 6.34. The molecule has 1 aromatic carbocycles. The number of carbonyl (C=O) groups is 3. The number of aryl methyl sites for hydroxylation is 1. The summed E-state index contributed by atoms with van der Waals surface area (Å²) in [4.78, 5) is 33.5. The lowest BCUT2D eigenvalue weighted by atomic mass is 10.0. The Morgan fingerprint density at radius 2 is 1.78 bits per heavy atom. The fourth-order valence-electron chi connectivity index (χ4n) is 1.29. The highest BCUT2D eigenvalue weighted by atomic mass is 79.9. The summed E-state index contributed by atoms with van der Waals surface area (Å²) in [5.74, 6) is -2.34. The van der Waals surface area contributed by atoms with E-state index >= 15 is 0 Å². The molecule has 1 unspecified atom stereocenters. The molecule has 1 rings (SSSR count). The van der Waals surface area contributed by atoms with Crippen LogP contribution in [0.2, 0.25) is 0 Å². The van der Waals surface area contributed by atoms with E-state index in [0.29, 0.717) is 5.56 Å². The number of esters is 1. The van der Waals surface area contributed by atoms with Gasteiger partial charge >= 0.3 is 5.97 Å². The molecular formula is C13H13BrO4. The molecule has 18 heavy (non-hydrogen) atoms. The number of alkyl halides is 1. The third kappa shape index (κ3) is 3.50. The molecule has 96 valence electrons. The molecule has 4 nitrogen and oxygen atoms in total. The van der Waals surface area contributed by atoms with E-state index in [4.69, 9.17) is 0 Å². The Labute approximate surface area is 113 Å². The first-order valence-electron chi connectivity index (χ1n) is 5.43. The quantitative estimate of drug-likeness (QED) is 0.274. The Morgan fingerprint density at radius 3 is 2.28 bits per heavy atom. The highest BCUT2D eigenvalue weighted by Gasteiger charge is 2.30. The number of halogens is 1. The van der Waals surface area contributed by atoms with Crippen LogP contribution in [-0.2, 0) is 14.3 Å². The maximum atomic E-state index is 11.9. The average Bonchev–Trinajstić information content (AvgIpc) is 2.37. The third-order valence-corrected chi connectivity index (χ3v) is 3.10. The predicted molar refractivity (Wildman–Crippen MR) is 69.9 cm³/mol. The molecule has 0 aliphatic heterocycles. The van der Waals surface area contributed by atoms with E-state index in [9.17, 15) is 14.4 Å². The molecule has 0 aliphatic rings. The number of hydrogen-bond donors (Lipinski definition) is 0. The normalized spacial score (nSPS) is 11.7. The van der Waals surface area contributed by atoms with Gasteiger partial charge < -0.3 is 4.74 Å². The minimum atomic E-state index is -1.20. The van der Waals surface area contributed by atoms with Gasteiger partial charge in [0.05, 0.1) is 6.61 Å². The van der Waals surface area contributed by atoms with Crippen molar-refractivity contribution >= 4 is 33.5 Å². The standard InChI is InChI=1S/C13H13BrO4/c1-3-18-13(17)12(16)10(14)11(15)9-6-4-8(2)5-7-9/h4-7,10H,3H2,1-2H3. The average molecular weight is 313 g/mol. The number of carbonyl (C=O) groups excluding carboxylic acids is 3. The molecule has 0 amide bonds. The minimum Gasteiger partial charge on any atom is -0.460 e. The summed E-state index contributed by atoms with van der Waals surface area (Å²) in [7, 11) is 0. The van der Waals surface area contributed by atoms with Gasteiger partial charge in [-0.15, -0.1) is 0 Å². The number of rotatable bonds is 5. The maximum absolute atomic E-state index is 11.9. The molecule has 0 aliphatic carbocycles. The molecule has 0 radical (unpaired) electrons. The molecule has 0 fully saturated rings. The van der Waals surface area contributed by atoms with Crippen molar-refractivity contribution < 1.29 is 19.1 Å². The Morgan fingerprint density at radius 1 is 1.22 bits per heavy atom. The van der Waals surface area contributed by atoms with E-state index in [-0.39, 0.29) is 6.61 Å². The van der Waals surface area contributed by atoms with Gasteiger partial charge in [0.2, 0.25) is 0 Å². The zero-order valence-electron chi connectivity index (χ0n) is 10.1. The summed E-state index contributed by atoms with van der Waals surface area (Å²) in [5.41, 5.74) is 1.38. The minimum absolute atomic E-state index is 0.100. The largest absolute Gasteiger partial charge is 0.460 e. The lowest BCUT2D eigenvalue weighted by molar-refractivity contribution is -0.152. The van der Waals surface area contributed by atoms with Gasteiger partial charge in [-0.2, -0.15) is 0 Å². The third-order valence-electron chi connectivity index (χ3n) is 2.27. The van der Waals surface area contributed by atoms with Crippen LogP contribution in [0.15, 0.2) is 24.3 Å². The molecular weight excluding hydrogens is 300 g/mol. The topological polar surface area (TPSA) is 60.4 Å². The Hall–Kier alpha value is -1.49. The number of ether oxygens (including phenoxy) is 1. The van der Waals surface area contributed by atoms with E-state index in [1.807, 2.05) is 6.92 Å². The number of hydrogen-bond acceptors (Lipinski definition) is 4. The fraction of sp³-hybridized carbons (Fsp3) is 0.308. The van der Waals surface area contributed by atoms with E-state index in [1.165, 1.54) is 0 Å². The van der Waals surface area contributed by atoms with Gasteiger partial charge in [0.15, 0.2) is 5.78 Å². The maximum Gasteiger partial charge on any atom is 0.376 e. The van der Waals surface area contributed by atoms with E-state index in [1.54, 1.807) is 31.2 Å². The smallest absolute Gasteiger partial charge is 0.376 e. The molecule has 1 atom stereocenters. The van der Waals surface area contributed by atoms with Crippen LogP contribution in [0, 0.1) is 6.92 Å². The lowest BCUT2D eigenvalue weighted by Gasteiger charge is -2.07. The first-order chi connectivity index (χ1) is 8.47. The monoisotopic (exact) mass is 312 g/mol. The van der Waals surface area contributed by atoms with Gasteiger partial charge in [0.25, 0.3) is 5.78 Å². The summed E-state index contributed by atoms with van der Waals surface area (Å²) in [5, 5.41) is 0. The summed E-state index contributed by atoms with van der Waals surface area (Å²) >= 11 is 2.93.